The van der Waals surface area contributed by atoms with Gasteiger partial charge in [0.1, 0.15) is 0 Å². The molecule has 1 rings (SSSR count). The molecule has 0 saturated heterocycles. The lowest BCUT2D eigenvalue weighted by Crippen LogP contribution is -2.14. The van der Waals surface area contributed by atoms with Crippen molar-refractivity contribution < 1.29 is 5.11 Å². The molecule has 2 nitrogen and oxygen atoms in total. The Balaban J connectivity index is 0.00000225. The summed E-state index contributed by atoms with van der Waals surface area (Å²) in [6.07, 6.45) is 3.15. The molecule has 1 aromatic rings. The highest BCUT2D eigenvalue weighted by molar-refractivity contribution is 9.10. The van der Waals surface area contributed by atoms with Crippen LogP contribution in [-0.2, 0) is 6.54 Å². The molecule has 4 heteroatoms. The van der Waals surface area contributed by atoms with Crippen LogP contribution in [-0.4, -0.2) is 18.3 Å². The number of halogens is 2. The summed E-state index contributed by atoms with van der Waals surface area (Å²) >= 11 is 3.41. The van der Waals surface area contributed by atoms with Crippen molar-refractivity contribution in [2.24, 2.45) is 0 Å². The molecule has 0 aliphatic carbocycles. The van der Waals surface area contributed by atoms with Crippen LogP contribution in [0.15, 0.2) is 28.7 Å². The molecule has 0 unspecified atom stereocenters. The van der Waals surface area contributed by atoms with Gasteiger partial charge in [0.25, 0.3) is 0 Å². The fraction of sp³-hybridized carbons (Fsp3) is 0.500. The molecular formula is C12H19BrClNO. The Morgan fingerprint density at radius 2 is 1.75 bits per heavy atom. The normalized spacial score (nSPS) is 9.88. The predicted octanol–water partition coefficient (Wildman–Crippen LogP) is 3.12. The zero-order chi connectivity index (χ0) is 10.9. The van der Waals surface area contributed by atoms with Gasteiger partial charge in [0.2, 0.25) is 0 Å². The maximum atomic E-state index is 8.60. The van der Waals surface area contributed by atoms with Crippen molar-refractivity contribution in [2.75, 3.05) is 13.2 Å². The minimum Gasteiger partial charge on any atom is -0.396 e. The molecule has 0 amide bonds. The number of aliphatic hydroxyl groups is 1. The maximum Gasteiger partial charge on any atom is 0.0431 e. The van der Waals surface area contributed by atoms with Crippen molar-refractivity contribution in [3.63, 3.8) is 0 Å². The summed E-state index contributed by atoms with van der Waals surface area (Å²) in [5.41, 5.74) is 1.31. The van der Waals surface area contributed by atoms with Crippen molar-refractivity contribution in [1.29, 1.82) is 0 Å². The van der Waals surface area contributed by atoms with Crippen molar-refractivity contribution >= 4 is 28.3 Å². The molecule has 0 aliphatic rings. The van der Waals surface area contributed by atoms with E-state index in [1.54, 1.807) is 0 Å². The Morgan fingerprint density at radius 3 is 2.38 bits per heavy atom. The molecule has 0 heterocycles. The van der Waals surface area contributed by atoms with E-state index in [0.717, 1.165) is 36.8 Å². The van der Waals surface area contributed by atoms with Gasteiger partial charge in [-0.1, -0.05) is 28.1 Å². The second-order valence-electron chi connectivity index (χ2n) is 3.59. The zero-order valence-corrected chi connectivity index (χ0v) is 11.7. The van der Waals surface area contributed by atoms with Crippen LogP contribution in [0.3, 0.4) is 0 Å². The first kappa shape index (κ1) is 15.9. The van der Waals surface area contributed by atoms with Crippen LogP contribution in [0.5, 0.6) is 0 Å². The van der Waals surface area contributed by atoms with Gasteiger partial charge in [0, 0.05) is 17.6 Å². The van der Waals surface area contributed by atoms with Crippen LogP contribution in [0.25, 0.3) is 0 Å². The minimum atomic E-state index is 0. The van der Waals surface area contributed by atoms with E-state index in [4.69, 9.17) is 5.11 Å². The first-order chi connectivity index (χ1) is 7.33. The number of hydrogen-bond donors (Lipinski definition) is 2. The molecule has 0 fully saturated rings. The van der Waals surface area contributed by atoms with Crippen molar-refractivity contribution in [1.82, 2.24) is 5.32 Å². The highest BCUT2D eigenvalue weighted by Gasteiger charge is 1.92. The molecule has 92 valence electrons. The summed E-state index contributed by atoms with van der Waals surface area (Å²) < 4.78 is 1.12. The van der Waals surface area contributed by atoms with Crippen molar-refractivity contribution in [3.8, 4) is 0 Å². The molecule has 0 saturated carbocycles. The van der Waals surface area contributed by atoms with Gasteiger partial charge in [-0.25, -0.2) is 0 Å². The molecule has 0 spiro atoms. The number of rotatable bonds is 7. The van der Waals surface area contributed by atoms with Crippen LogP contribution in [0.2, 0.25) is 0 Å². The number of benzene rings is 1. The Morgan fingerprint density at radius 1 is 1.06 bits per heavy atom. The topological polar surface area (TPSA) is 32.3 Å². The Hall–Kier alpha value is -0.0900. The number of aliphatic hydroxyl groups excluding tert-OH is 1. The Bertz CT molecular complexity index is 266. The average molecular weight is 309 g/mol. The van der Waals surface area contributed by atoms with Crippen molar-refractivity contribution in [2.45, 2.75) is 25.8 Å². The third kappa shape index (κ3) is 7.23. The molecule has 0 aromatic heterocycles. The smallest absolute Gasteiger partial charge is 0.0431 e. The van der Waals surface area contributed by atoms with E-state index in [2.05, 4.69) is 45.5 Å². The number of hydrogen-bond acceptors (Lipinski definition) is 2. The van der Waals surface area contributed by atoms with Crippen LogP contribution in [0.4, 0.5) is 0 Å². The van der Waals surface area contributed by atoms with Gasteiger partial charge in [-0.05, 0) is 43.5 Å². The van der Waals surface area contributed by atoms with E-state index in [1.807, 2.05) is 0 Å². The Kier molecular flexibility index (Phi) is 10.0. The molecule has 0 bridgehead atoms. The van der Waals surface area contributed by atoms with Gasteiger partial charge in [-0.3, -0.25) is 0 Å². The second-order valence-corrected chi connectivity index (χ2v) is 4.50. The van der Waals surface area contributed by atoms with Crippen LogP contribution in [0, 0.1) is 0 Å². The fourth-order valence-electron chi connectivity index (χ4n) is 1.37. The average Bonchev–Trinajstić information content (AvgIpc) is 2.26. The zero-order valence-electron chi connectivity index (χ0n) is 9.29. The highest BCUT2D eigenvalue weighted by Crippen LogP contribution is 2.10. The lowest BCUT2D eigenvalue weighted by molar-refractivity contribution is 0.283. The molecule has 0 atom stereocenters. The van der Waals surface area contributed by atoms with Gasteiger partial charge in [-0.15, -0.1) is 12.4 Å². The van der Waals surface area contributed by atoms with E-state index >= 15 is 0 Å². The van der Waals surface area contributed by atoms with Crippen LogP contribution < -0.4 is 5.32 Å². The summed E-state index contributed by atoms with van der Waals surface area (Å²) in [5.74, 6) is 0. The van der Waals surface area contributed by atoms with Gasteiger partial charge in [0.15, 0.2) is 0 Å². The van der Waals surface area contributed by atoms with Gasteiger partial charge >= 0.3 is 0 Å². The van der Waals surface area contributed by atoms with E-state index < -0.39 is 0 Å². The van der Waals surface area contributed by atoms with Crippen LogP contribution >= 0.6 is 28.3 Å². The summed E-state index contributed by atoms with van der Waals surface area (Å²) in [5, 5.41) is 12.0. The maximum absolute atomic E-state index is 8.60. The van der Waals surface area contributed by atoms with Gasteiger partial charge in [0.05, 0.1) is 0 Å². The van der Waals surface area contributed by atoms with Gasteiger partial charge < -0.3 is 10.4 Å². The third-order valence-electron chi connectivity index (χ3n) is 2.25. The lowest BCUT2D eigenvalue weighted by atomic mass is 10.2. The first-order valence-corrected chi connectivity index (χ1v) is 6.18. The molecule has 0 aliphatic heterocycles. The van der Waals surface area contributed by atoms with E-state index in [0.29, 0.717) is 6.61 Å². The quantitative estimate of drug-likeness (QED) is 0.759. The predicted molar refractivity (Wildman–Crippen MR) is 74.0 cm³/mol. The van der Waals surface area contributed by atoms with Crippen molar-refractivity contribution in [3.05, 3.63) is 34.3 Å². The molecule has 2 N–H and O–H groups in total. The molecular weight excluding hydrogens is 289 g/mol. The number of nitrogens with one attached hydrogen (secondary N) is 1. The summed E-state index contributed by atoms with van der Waals surface area (Å²) in [7, 11) is 0. The SMILES string of the molecule is Cl.OCCCCCNCc1ccc(Br)cc1. The lowest BCUT2D eigenvalue weighted by Gasteiger charge is -2.04. The monoisotopic (exact) mass is 307 g/mol. The summed E-state index contributed by atoms with van der Waals surface area (Å²) in [4.78, 5) is 0. The molecule has 1 aromatic carbocycles. The van der Waals surface area contributed by atoms with Gasteiger partial charge in [-0.2, -0.15) is 0 Å². The van der Waals surface area contributed by atoms with Crippen LogP contribution in [0.1, 0.15) is 24.8 Å². The third-order valence-corrected chi connectivity index (χ3v) is 2.78. The fourth-order valence-corrected chi connectivity index (χ4v) is 1.64. The van der Waals surface area contributed by atoms with E-state index in [1.165, 1.54) is 5.56 Å². The van der Waals surface area contributed by atoms with E-state index in [9.17, 15) is 0 Å². The molecule has 16 heavy (non-hydrogen) atoms. The summed E-state index contributed by atoms with van der Waals surface area (Å²) in [6.45, 7) is 2.26. The minimum absolute atomic E-state index is 0. The summed E-state index contributed by atoms with van der Waals surface area (Å²) in [6, 6.07) is 8.35. The number of unbranched alkanes of at least 4 members (excludes halogenated alkanes) is 2. The standard InChI is InChI=1S/C12H18BrNO.ClH/c13-12-6-4-11(5-7-12)10-14-8-2-1-3-9-15;/h4-7,14-15H,1-3,8-10H2;1H. The highest BCUT2D eigenvalue weighted by atomic mass is 79.9. The second kappa shape index (κ2) is 10.1. The largest absolute Gasteiger partial charge is 0.396 e. The Labute approximate surface area is 112 Å². The first-order valence-electron chi connectivity index (χ1n) is 5.39. The van der Waals surface area contributed by atoms with E-state index in [-0.39, 0.29) is 12.4 Å². The molecule has 0 radical (unpaired) electrons.